The summed E-state index contributed by atoms with van der Waals surface area (Å²) in [5.74, 6) is -0.186. The van der Waals surface area contributed by atoms with Crippen molar-refractivity contribution in [2.24, 2.45) is 0 Å². The van der Waals surface area contributed by atoms with Crippen molar-refractivity contribution in [3.63, 3.8) is 0 Å². The van der Waals surface area contributed by atoms with Gasteiger partial charge in [-0.25, -0.2) is 8.42 Å². The van der Waals surface area contributed by atoms with Crippen LogP contribution in [0.2, 0.25) is 0 Å². The maximum absolute atomic E-state index is 12.9. The Hall–Kier alpha value is -2.90. The van der Waals surface area contributed by atoms with Crippen LogP contribution in [0.5, 0.6) is 0 Å². The Kier molecular flexibility index (Phi) is 6.97. The summed E-state index contributed by atoms with van der Waals surface area (Å²) >= 11 is 0. The molecule has 6 nitrogen and oxygen atoms in total. The van der Waals surface area contributed by atoms with E-state index in [9.17, 15) is 13.2 Å². The first-order valence-electron chi connectivity index (χ1n) is 10.4. The first kappa shape index (κ1) is 22.8. The van der Waals surface area contributed by atoms with E-state index in [2.05, 4.69) is 5.32 Å². The van der Waals surface area contributed by atoms with Crippen molar-refractivity contribution >= 4 is 21.6 Å². The van der Waals surface area contributed by atoms with Gasteiger partial charge in [-0.2, -0.15) is 4.31 Å². The highest BCUT2D eigenvalue weighted by molar-refractivity contribution is 7.89. The lowest BCUT2D eigenvalue weighted by molar-refractivity contribution is -0.115. The van der Waals surface area contributed by atoms with E-state index >= 15 is 0 Å². The number of rotatable bonds is 8. The number of hydrogen-bond donors (Lipinski definition) is 1. The lowest BCUT2D eigenvalue weighted by atomic mass is 10.1. The third kappa shape index (κ3) is 5.06. The van der Waals surface area contributed by atoms with Gasteiger partial charge in [0.2, 0.25) is 15.9 Å². The van der Waals surface area contributed by atoms with Crippen molar-refractivity contribution in [1.82, 2.24) is 8.87 Å². The normalized spacial score (nSPS) is 11.6. The minimum Gasteiger partial charge on any atom is -0.326 e. The highest BCUT2D eigenvalue weighted by atomic mass is 32.2. The average molecular weight is 440 g/mol. The van der Waals surface area contributed by atoms with Gasteiger partial charge in [0.05, 0.1) is 11.3 Å². The van der Waals surface area contributed by atoms with Crippen LogP contribution in [0.3, 0.4) is 0 Å². The smallest absolute Gasteiger partial charge is 0.243 e. The van der Waals surface area contributed by atoms with Crippen molar-refractivity contribution < 1.29 is 13.2 Å². The number of benzene rings is 2. The summed E-state index contributed by atoms with van der Waals surface area (Å²) in [6.07, 6.45) is 4.13. The predicted octanol–water partition coefficient (Wildman–Crippen LogP) is 4.31. The highest BCUT2D eigenvalue weighted by Crippen LogP contribution is 2.26. The van der Waals surface area contributed by atoms with Gasteiger partial charge in [-0.05, 0) is 66.9 Å². The largest absolute Gasteiger partial charge is 0.326 e. The van der Waals surface area contributed by atoms with Gasteiger partial charge in [0.25, 0.3) is 0 Å². The van der Waals surface area contributed by atoms with Gasteiger partial charge >= 0.3 is 0 Å². The molecule has 0 bridgehead atoms. The van der Waals surface area contributed by atoms with Gasteiger partial charge in [-0.15, -0.1) is 0 Å². The number of aromatic nitrogens is 1. The predicted molar refractivity (Wildman–Crippen MR) is 124 cm³/mol. The van der Waals surface area contributed by atoms with Crippen LogP contribution in [0.15, 0.2) is 65.8 Å². The lowest BCUT2D eigenvalue weighted by Gasteiger charge is -2.20. The van der Waals surface area contributed by atoms with Crippen LogP contribution in [0.25, 0.3) is 5.69 Å². The molecule has 0 radical (unpaired) electrons. The highest BCUT2D eigenvalue weighted by Gasteiger charge is 2.23. The SMILES string of the molecule is CCN(CC)S(=O)(=O)c1cc(C)c(C)c(NC(=O)Cc2ccc(-n3cccc3)cc2)c1. The van der Waals surface area contributed by atoms with E-state index in [1.54, 1.807) is 12.1 Å². The molecule has 3 aromatic rings. The molecule has 164 valence electrons. The van der Waals surface area contributed by atoms with Crippen LogP contribution in [-0.2, 0) is 21.2 Å². The maximum atomic E-state index is 12.9. The molecule has 0 saturated carbocycles. The summed E-state index contributed by atoms with van der Waals surface area (Å²) in [4.78, 5) is 12.9. The summed E-state index contributed by atoms with van der Waals surface area (Å²) < 4.78 is 29.3. The van der Waals surface area contributed by atoms with Gasteiger partial charge in [-0.1, -0.05) is 26.0 Å². The Morgan fingerprint density at radius 1 is 1.00 bits per heavy atom. The summed E-state index contributed by atoms with van der Waals surface area (Å²) in [5.41, 5.74) is 4.11. The summed E-state index contributed by atoms with van der Waals surface area (Å²) in [6.45, 7) is 8.15. The standard InChI is InChI=1S/C24H29N3O3S/c1-5-27(6-2)31(29,30)22-15-18(3)19(4)23(17-22)25-24(28)16-20-9-11-21(12-10-20)26-13-7-8-14-26/h7-15,17H,5-6,16H2,1-4H3,(H,25,28). The monoisotopic (exact) mass is 439 g/mol. The average Bonchev–Trinajstić information content (AvgIpc) is 3.27. The van der Waals surface area contributed by atoms with Crippen molar-refractivity contribution in [2.45, 2.75) is 39.0 Å². The van der Waals surface area contributed by atoms with Gasteiger partial charge in [0.15, 0.2) is 0 Å². The number of hydrogen-bond acceptors (Lipinski definition) is 3. The molecule has 0 fully saturated rings. The molecule has 0 atom stereocenters. The Balaban J connectivity index is 1.79. The molecule has 0 aliphatic rings. The van der Waals surface area contributed by atoms with Crippen molar-refractivity contribution in [2.75, 3.05) is 18.4 Å². The van der Waals surface area contributed by atoms with Crippen LogP contribution < -0.4 is 5.32 Å². The Labute approximate surface area is 184 Å². The van der Waals surface area contributed by atoms with Gasteiger partial charge < -0.3 is 9.88 Å². The zero-order valence-corrected chi connectivity index (χ0v) is 19.2. The second kappa shape index (κ2) is 9.49. The second-order valence-electron chi connectivity index (χ2n) is 7.48. The second-order valence-corrected chi connectivity index (χ2v) is 9.42. The fourth-order valence-electron chi connectivity index (χ4n) is 3.49. The number of carbonyl (C=O) groups excluding carboxylic acids is 1. The quantitative estimate of drug-likeness (QED) is 0.569. The van der Waals surface area contributed by atoms with E-state index in [1.165, 1.54) is 4.31 Å². The van der Waals surface area contributed by atoms with E-state index in [-0.39, 0.29) is 17.2 Å². The molecule has 1 amide bonds. The lowest BCUT2D eigenvalue weighted by Crippen LogP contribution is -2.30. The molecule has 0 spiro atoms. The van der Waals surface area contributed by atoms with Crippen molar-refractivity contribution in [1.29, 1.82) is 0 Å². The summed E-state index contributed by atoms with van der Waals surface area (Å²) in [5, 5.41) is 2.90. The molecular formula is C24H29N3O3S. The van der Waals surface area contributed by atoms with Crippen molar-refractivity contribution in [3.8, 4) is 5.69 Å². The Bertz CT molecular complexity index is 1150. The number of amides is 1. The van der Waals surface area contributed by atoms with Gasteiger partial charge in [0.1, 0.15) is 0 Å². The zero-order chi connectivity index (χ0) is 22.6. The molecule has 2 aromatic carbocycles. The number of sulfonamides is 1. The molecule has 1 heterocycles. The minimum absolute atomic E-state index is 0.186. The topological polar surface area (TPSA) is 71.4 Å². The molecule has 7 heteroatoms. The maximum Gasteiger partial charge on any atom is 0.243 e. The number of aryl methyl sites for hydroxylation is 1. The molecule has 3 rings (SSSR count). The van der Waals surface area contributed by atoms with Crippen LogP contribution >= 0.6 is 0 Å². The summed E-state index contributed by atoms with van der Waals surface area (Å²) in [7, 11) is -3.60. The fourth-order valence-corrected chi connectivity index (χ4v) is 5.06. The minimum atomic E-state index is -3.60. The van der Waals surface area contributed by atoms with Gasteiger partial charge in [-0.3, -0.25) is 4.79 Å². The molecule has 0 saturated heterocycles. The van der Waals surface area contributed by atoms with E-state index in [1.807, 2.05) is 81.1 Å². The Morgan fingerprint density at radius 3 is 2.19 bits per heavy atom. The zero-order valence-electron chi connectivity index (χ0n) is 18.4. The number of carbonyl (C=O) groups is 1. The molecule has 0 unspecified atom stereocenters. The first-order valence-corrected chi connectivity index (χ1v) is 11.8. The van der Waals surface area contributed by atoms with Crippen LogP contribution in [0.1, 0.15) is 30.5 Å². The van der Waals surface area contributed by atoms with E-state index < -0.39 is 10.0 Å². The van der Waals surface area contributed by atoms with Crippen molar-refractivity contribution in [3.05, 3.63) is 77.6 Å². The van der Waals surface area contributed by atoms with E-state index in [0.29, 0.717) is 18.8 Å². The molecule has 0 aliphatic carbocycles. The molecule has 0 aliphatic heterocycles. The molecule has 1 N–H and O–H groups in total. The Morgan fingerprint density at radius 2 is 1.61 bits per heavy atom. The van der Waals surface area contributed by atoms with E-state index in [0.717, 1.165) is 22.4 Å². The number of anilines is 1. The third-order valence-electron chi connectivity index (χ3n) is 5.46. The van der Waals surface area contributed by atoms with E-state index in [4.69, 9.17) is 0 Å². The van der Waals surface area contributed by atoms with Crippen LogP contribution in [0.4, 0.5) is 5.69 Å². The fraction of sp³-hybridized carbons (Fsp3) is 0.292. The molecule has 31 heavy (non-hydrogen) atoms. The molecular weight excluding hydrogens is 410 g/mol. The number of nitrogens with one attached hydrogen (secondary N) is 1. The van der Waals surface area contributed by atoms with Crippen LogP contribution in [0, 0.1) is 13.8 Å². The first-order chi connectivity index (χ1) is 14.8. The number of nitrogens with zero attached hydrogens (tertiary/aromatic N) is 2. The van der Waals surface area contributed by atoms with Crippen LogP contribution in [-0.4, -0.2) is 36.3 Å². The summed E-state index contributed by atoms with van der Waals surface area (Å²) in [6, 6.07) is 14.9. The van der Waals surface area contributed by atoms with Gasteiger partial charge in [0, 0.05) is 36.9 Å². The molecule has 1 aromatic heterocycles. The third-order valence-corrected chi connectivity index (χ3v) is 7.49.